The molecule has 98 valence electrons. The summed E-state index contributed by atoms with van der Waals surface area (Å²) in [5.74, 6) is -0.119. The van der Waals surface area contributed by atoms with Crippen LogP contribution in [-0.4, -0.2) is 25.7 Å². The van der Waals surface area contributed by atoms with E-state index in [-0.39, 0.29) is 12.0 Å². The largest absolute Gasteiger partial charge is 0.467 e. The first kappa shape index (κ1) is 12.9. The Morgan fingerprint density at radius 3 is 2.44 bits per heavy atom. The maximum Gasteiger partial charge on any atom is 0.328 e. The van der Waals surface area contributed by atoms with Gasteiger partial charge >= 0.3 is 5.97 Å². The van der Waals surface area contributed by atoms with Crippen molar-refractivity contribution in [2.45, 2.75) is 39.7 Å². The van der Waals surface area contributed by atoms with Crippen molar-refractivity contribution in [3.05, 3.63) is 28.8 Å². The first-order chi connectivity index (χ1) is 8.54. The highest BCUT2D eigenvalue weighted by Crippen LogP contribution is 2.32. The summed E-state index contributed by atoms with van der Waals surface area (Å²) in [4.78, 5) is 14.0. The minimum Gasteiger partial charge on any atom is -0.467 e. The molecule has 1 aromatic carbocycles. The second kappa shape index (κ2) is 5.01. The first-order valence-electron chi connectivity index (χ1n) is 6.47. The van der Waals surface area contributed by atoms with Crippen LogP contribution in [0.15, 0.2) is 12.1 Å². The highest BCUT2D eigenvalue weighted by atomic mass is 16.5. The summed E-state index contributed by atoms with van der Waals surface area (Å²) in [6.45, 7) is 7.26. The summed E-state index contributed by atoms with van der Waals surface area (Å²) in [6, 6.07) is 4.24. The van der Waals surface area contributed by atoms with E-state index in [2.05, 4.69) is 37.8 Å². The quantitative estimate of drug-likeness (QED) is 0.753. The van der Waals surface area contributed by atoms with Gasteiger partial charge in [0, 0.05) is 12.2 Å². The Balaban J connectivity index is 2.39. The molecule has 0 amide bonds. The lowest BCUT2D eigenvalue weighted by Gasteiger charge is -2.28. The zero-order chi connectivity index (χ0) is 13.3. The molecule has 1 saturated heterocycles. The molecule has 3 heteroatoms. The van der Waals surface area contributed by atoms with E-state index in [0.29, 0.717) is 0 Å². The number of hydrogen-bond donors (Lipinski definition) is 0. The molecule has 0 saturated carbocycles. The van der Waals surface area contributed by atoms with E-state index >= 15 is 0 Å². The van der Waals surface area contributed by atoms with Crippen LogP contribution in [0.25, 0.3) is 0 Å². The fourth-order valence-electron chi connectivity index (χ4n) is 3.04. The van der Waals surface area contributed by atoms with Crippen molar-refractivity contribution in [2.75, 3.05) is 18.6 Å². The lowest BCUT2D eigenvalue weighted by molar-refractivity contribution is -0.141. The Labute approximate surface area is 109 Å². The molecule has 1 aliphatic rings. The minimum atomic E-state index is -0.119. The van der Waals surface area contributed by atoms with Gasteiger partial charge in [-0.1, -0.05) is 17.7 Å². The highest BCUT2D eigenvalue weighted by Gasteiger charge is 2.33. The second-order valence-electron chi connectivity index (χ2n) is 5.12. The molecule has 1 fully saturated rings. The molecule has 1 aliphatic heterocycles. The van der Waals surface area contributed by atoms with Crippen LogP contribution in [0.5, 0.6) is 0 Å². The molecule has 0 unspecified atom stereocenters. The number of anilines is 1. The zero-order valence-corrected chi connectivity index (χ0v) is 11.6. The van der Waals surface area contributed by atoms with Crippen molar-refractivity contribution in [1.29, 1.82) is 0 Å². The van der Waals surface area contributed by atoms with E-state index in [1.165, 1.54) is 29.5 Å². The van der Waals surface area contributed by atoms with E-state index in [9.17, 15) is 4.79 Å². The van der Waals surface area contributed by atoms with E-state index in [0.717, 1.165) is 19.4 Å². The van der Waals surface area contributed by atoms with Crippen LogP contribution in [0.3, 0.4) is 0 Å². The molecular formula is C15H21NO2. The number of aryl methyl sites for hydroxylation is 3. The molecule has 0 aromatic heterocycles. The molecule has 1 aromatic rings. The number of hydrogen-bond acceptors (Lipinski definition) is 3. The maximum atomic E-state index is 11.8. The van der Waals surface area contributed by atoms with Gasteiger partial charge in [-0.2, -0.15) is 0 Å². The van der Waals surface area contributed by atoms with E-state index < -0.39 is 0 Å². The fourth-order valence-corrected chi connectivity index (χ4v) is 3.04. The maximum absolute atomic E-state index is 11.8. The molecule has 0 spiro atoms. The Hall–Kier alpha value is -1.51. The SMILES string of the molecule is COC(=O)[C@@H]1CCCN1c1c(C)cc(C)cc1C. The third kappa shape index (κ3) is 2.22. The summed E-state index contributed by atoms with van der Waals surface area (Å²) in [5.41, 5.74) is 4.95. The van der Waals surface area contributed by atoms with Gasteiger partial charge in [-0.25, -0.2) is 4.79 Å². The summed E-state index contributed by atoms with van der Waals surface area (Å²) in [7, 11) is 1.47. The van der Waals surface area contributed by atoms with E-state index in [1.807, 2.05) is 0 Å². The average molecular weight is 247 g/mol. The van der Waals surface area contributed by atoms with Crippen molar-refractivity contribution in [3.63, 3.8) is 0 Å². The predicted octanol–water partition coefficient (Wildman–Crippen LogP) is 2.75. The van der Waals surface area contributed by atoms with E-state index in [1.54, 1.807) is 0 Å². The highest BCUT2D eigenvalue weighted by molar-refractivity contribution is 5.82. The van der Waals surface area contributed by atoms with Crippen molar-refractivity contribution >= 4 is 11.7 Å². The molecule has 3 nitrogen and oxygen atoms in total. The fraction of sp³-hybridized carbons (Fsp3) is 0.533. The van der Waals surface area contributed by atoms with Gasteiger partial charge in [0.25, 0.3) is 0 Å². The number of benzene rings is 1. The summed E-state index contributed by atoms with van der Waals surface area (Å²) in [5, 5.41) is 0. The van der Waals surface area contributed by atoms with Crippen molar-refractivity contribution in [1.82, 2.24) is 0 Å². The Bertz CT molecular complexity index is 445. The minimum absolute atomic E-state index is 0.116. The van der Waals surface area contributed by atoms with Gasteiger partial charge in [0.1, 0.15) is 6.04 Å². The first-order valence-corrected chi connectivity index (χ1v) is 6.47. The number of esters is 1. The van der Waals surface area contributed by atoms with Crippen LogP contribution in [0.1, 0.15) is 29.5 Å². The Morgan fingerprint density at radius 2 is 1.89 bits per heavy atom. The van der Waals surface area contributed by atoms with Crippen LogP contribution in [0.4, 0.5) is 5.69 Å². The summed E-state index contributed by atoms with van der Waals surface area (Å²) >= 11 is 0. The number of ether oxygens (including phenoxy) is 1. The number of nitrogens with zero attached hydrogens (tertiary/aromatic N) is 1. The van der Waals surface area contributed by atoms with Gasteiger partial charge in [0.05, 0.1) is 7.11 Å². The molecule has 2 rings (SSSR count). The van der Waals surface area contributed by atoms with Gasteiger partial charge in [0.15, 0.2) is 0 Å². The Morgan fingerprint density at radius 1 is 1.28 bits per heavy atom. The van der Waals surface area contributed by atoms with E-state index in [4.69, 9.17) is 4.74 Å². The molecule has 1 heterocycles. The summed E-state index contributed by atoms with van der Waals surface area (Å²) < 4.78 is 4.91. The monoisotopic (exact) mass is 247 g/mol. The molecule has 0 aliphatic carbocycles. The van der Waals surface area contributed by atoms with Crippen LogP contribution in [0, 0.1) is 20.8 Å². The predicted molar refractivity (Wildman–Crippen MR) is 73.0 cm³/mol. The second-order valence-corrected chi connectivity index (χ2v) is 5.12. The normalized spacial score (nSPS) is 19.1. The molecule has 0 N–H and O–H groups in total. The number of carbonyl (C=O) groups excluding carboxylic acids is 1. The molecule has 0 bridgehead atoms. The molecule has 18 heavy (non-hydrogen) atoms. The third-order valence-electron chi connectivity index (χ3n) is 3.65. The zero-order valence-electron chi connectivity index (χ0n) is 11.6. The van der Waals surface area contributed by atoms with Gasteiger partial charge in [-0.15, -0.1) is 0 Å². The van der Waals surface area contributed by atoms with Crippen molar-refractivity contribution in [2.24, 2.45) is 0 Å². The van der Waals surface area contributed by atoms with Crippen molar-refractivity contribution < 1.29 is 9.53 Å². The van der Waals surface area contributed by atoms with Crippen molar-refractivity contribution in [3.8, 4) is 0 Å². The molecule has 0 radical (unpaired) electrons. The lowest BCUT2D eigenvalue weighted by Crippen LogP contribution is -2.37. The number of carbonyl (C=O) groups is 1. The van der Waals surface area contributed by atoms with Gasteiger partial charge in [-0.05, 0) is 44.7 Å². The van der Waals surface area contributed by atoms with Crippen LogP contribution in [-0.2, 0) is 9.53 Å². The average Bonchev–Trinajstić information content (AvgIpc) is 2.75. The van der Waals surface area contributed by atoms with Gasteiger partial charge in [-0.3, -0.25) is 0 Å². The van der Waals surface area contributed by atoms with Crippen LogP contribution in [0.2, 0.25) is 0 Å². The van der Waals surface area contributed by atoms with Gasteiger partial charge < -0.3 is 9.64 Å². The smallest absolute Gasteiger partial charge is 0.328 e. The lowest BCUT2D eigenvalue weighted by atomic mass is 10.0. The van der Waals surface area contributed by atoms with Crippen LogP contribution >= 0.6 is 0 Å². The summed E-state index contributed by atoms with van der Waals surface area (Å²) in [6.07, 6.45) is 1.94. The topological polar surface area (TPSA) is 29.5 Å². The van der Waals surface area contributed by atoms with Crippen LogP contribution < -0.4 is 4.90 Å². The van der Waals surface area contributed by atoms with Gasteiger partial charge in [0.2, 0.25) is 0 Å². The Kier molecular flexibility index (Phi) is 3.60. The number of methoxy groups -OCH3 is 1. The third-order valence-corrected chi connectivity index (χ3v) is 3.65. The molecule has 1 atom stereocenters. The molecular weight excluding hydrogens is 226 g/mol. The standard InChI is InChI=1S/C15H21NO2/c1-10-8-11(2)14(12(3)9-10)16-7-5-6-13(16)15(17)18-4/h8-9,13H,5-7H2,1-4H3/t13-/m0/s1. The number of rotatable bonds is 2.